The molecule has 5 nitrogen and oxygen atoms in total. The Morgan fingerprint density at radius 2 is 2.17 bits per heavy atom. The van der Waals surface area contributed by atoms with Crippen molar-refractivity contribution in [3.8, 4) is 0 Å². The van der Waals surface area contributed by atoms with Gasteiger partial charge in [-0.2, -0.15) is 0 Å². The number of ether oxygens (including phenoxy) is 2. The number of cyclic esters (lactones) is 2. The lowest BCUT2D eigenvalue weighted by Crippen LogP contribution is -2.29. The first-order valence-corrected chi connectivity index (χ1v) is 5.09. The van der Waals surface area contributed by atoms with Crippen molar-refractivity contribution in [3.63, 3.8) is 0 Å². The van der Waals surface area contributed by atoms with Crippen LogP contribution in [0, 0.1) is 0 Å². The summed E-state index contributed by atoms with van der Waals surface area (Å²) in [5.74, 6) is 0. The van der Waals surface area contributed by atoms with E-state index < -0.39 is 14.2 Å². The second-order valence-corrected chi connectivity index (χ2v) is 4.06. The third-order valence-electron chi connectivity index (χ3n) is 1.42. The molecule has 0 aliphatic carbocycles. The van der Waals surface area contributed by atoms with Crippen molar-refractivity contribution >= 4 is 14.2 Å². The first-order valence-electron chi connectivity index (χ1n) is 3.70. The predicted molar refractivity (Wildman–Crippen MR) is 41.7 cm³/mol. The molecule has 0 aromatic heterocycles. The lowest BCUT2D eigenvalue weighted by atomic mass is 10.5. The van der Waals surface area contributed by atoms with E-state index >= 15 is 0 Å². The average molecular weight is 194 g/mol. The quantitative estimate of drug-likeness (QED) is 0.496. The van der Waals surface area contributed by atoms with E-state index in [0.29, 0.717) is 6.61 Å². The Bertz CT molecular complexity index is 182. The molecule has 1 unspecified atom stereocenters. The van der Waals surface area contributed by atoms with Crippen LogP contribution in [0.2, 0.25) is 0 Å². The van der Waals surface area contributed by atoms with Gasteiger partial charge >= 0.3 is 6.16 Å². The highest BCUT2D eigenvalue weighted by Gasteiger charge is 2.26. The molecular weight excluding hydrogens is 183 g/mol. The molecule has 1 fully saturated rings. The van der Waals surface area contributed by atoms with Crippen LogP contribution >= 0.6 is 8.03 Å². The third-order valence-corrected chi connectivity index (χ3v) is 3.00. The Kier molecular flexibility index (Phi) is 3.56. The van der Waals surface area contributed by atoms with Crippen molar-refractivity contribution in [1.29, 1.82) is 0 Å². The first-order chi connectivity index (χ1) is 5.74. The Morgan fingerprint density at radius 3 is 2.67 bits per heavy atom. The van der Waals surface area contributed by atoms with Gasteiger partial charge in [-0.25, -0.2) is 4.79 Å². The molecule has 0 amide bonds. The average Bonchev–Trinajstić information content (AvgIpc) is 2.06. The van der Waals surface area contributed by atoms with Crippen LogP contribution in [-0.2, 0) is 18.6 Å². The molecule has 0 aromatic rings. The molecule has 1 heterocycles. The van der Waals surface area contributed by atoms with Crippen molar-refractivity contribution in [1.82, 2.24) is 0 Å². The van der Waals surface area contributed by atoms with Crippen molar-refractivity contribution in [2.75, 3.05) is 19.8 Å². The van der Waals surface area contributed by atoms with E-state index in [9.17, 15) is 9.36 Å². The molecule has 12 heavy (non-hydrogen) atoms. The summed E-state index contributed by atoms with van der Waals surface area (Å²) >= 11 is 0. The fourth-order valence-corrected chi connectivity index (χ4v) is 1.78. The smallest absolute Gasteiger partial charge is 0.433 e. The maximum atomic E-state index is 11.2. The second kappa shape index (κ2) is 4.48. The molecule has 0 radical (unpaired) electrons. The molecule has 0 N–H and O–H groups in total. The Labute approximate surface area is 70.9 Å². The summed E-state index contributed by atoms with van der Waals surface area (Å²) in [5, 5.41) is 0. The van der Waals surface area contributed by atoms with Gasteiger partial charge in [0.05, 0.1) is 6.61 Å². The van der Waals surface area contributed by atoms with Crippen LogP contribution < -0.4 is 0 Å². The van der Waals surface area contributed by atoms with Crippen molar-refractivity contribution in [2.45, 2.75) is 12.6 Å². The minimum absolute atomic E-state index is 0.136. The predicted octanol–water partition coefficient (Wildman–Crippen LogP) is 1.03. The Balaban J connectivity index is 2.33. The zero-order chi connectivity index (χ0) is 8.97. The standard InChI is InChI=1S/C6H11O5P/c1-2-11-12(8)5-3-9-6(7)10-4-5/h5,12H,2-4H2,1H3. The van der Waals surface area contributed by atoms with E-state index in [4.69, 9.17) is 4.52 Å². The molecule has 1 aliphatic heterocycles. The van der Waals surface area contributed by atoms with Crippen LogP contribution in [0.3, 0.4) is 0 Å². The van der Waals surface area contributed by atoms with E-state index in [0.717, 1.165) is 0 Å². The number of hydrogen-bond acceptors (Lipinski definition) is 5. The number of rotatable bonds is 3. The fourth-order valence-electron chi connectivity index (χ4n) is 0.823. The van der Waals surface area contributed by atoms with Crippen LogP contribution in [0.1, 0.15) is 6.92 Å². The first kappa shape index (κ1) is 9.55. The topological polar surface area (TPSA) is 61.8 Å². The summed E-state index contributed by atoms with van der Waals surface area (Å²) in [6.07, 6.45) is -0.697. The van der Waals surface area contributed by atoms with Crippen LogP contribution in [0.5, 0.6) is 0 Å². The highest BCUT2D eigenvalue weighted by Crippen LogP contribution is 2.31. The van der Waals surface area contributed by atoms with Gasteiger partial charge in [-0.3, -0.25) is 4.57 Å². The summed E-state index contributed by atoms with van der Waals surface area (Å²) < 4.78 is 25.2. The SMILES string of the molecule is CCO[PH](=O)C1COC(=O)OC1. The van der Waals surface area contributed by atoms with Gasteiger partial charge in [0.25, 0.3) is 0 Å². The molecule has 0 bridgehead atoms. The van der Waals surface area contributed by atoms with E-state index in [2.05, 4.69) is 9.47 Å². The van der Waals surface area contributed by atoms with Crippen LogP contribution in [-0.4, -0.2) is 31.6 Å². The molecule has 6 heteroatoms. The number of carbonyl (C=O) groups is 1. The van der Waals surface area contributed by atoms with Gasteiger partial charge in [0.1, 0.15) is 18.9 Å². The number of hydrogen-bond donors (Lipinski definition) is 0. The highest BCUT2D eigenvalue weighted by molar-refractivity contribution is 7.40. The molecule has 0 spiro atoms. The largest absolute Gasteiger partial charge is 0.508 e. The zero-order valence-electron chi connectivity index (χ0n) is 6.74. The molecular formula is C6H11O5P. The summed E-state index contributed by atoms with van der Waals surface area (Å²) in [6.45, 7) is 2.44. The molecule has 70 valence electrons. The zero-order valence-corrected chi connectivity index (χ0v) is 7.74. The van der Waals surface area contributed by atoms with Gasteiger partial charge in [-0.1, -0.05) is 0 Å². The Morgan fingerprint density at radius 1 is 1.58 bits per heavy atom. The van der Waals surface area contributed by atoms with Crippen molar-refractivity contribution < 1.29 is 23.4 Å². The molecule has 0 aromatic carbocycles. The fraction of sp³-hybridized carbons (Fsp3) is 0.833. The van der Waals surface area contributed by atoms with E-state index in [1.807, 2.05) is 0 Å². The highest BCUT2D eigenvalue weighted by atomic mass is 31.1. The second-order valence-electron chi connectivity index (χ2n) is 2.32. The monoisotopic (exact) mass is 194 g/mol. The summed E-state index contributed by atoms with van der Waals surface area (Å²) in [4.78, 5) is 10.4. The molecule has 0 saturated carbocycles. The molecule has 1 aliphatic rings. The van der Waals surface area contributed by atoms with E-state index in [-0.39, 0.29) is 18.9 Å². The Hall–Kier alpha value is -0.540. The van der Waals surface area contributed by atoms with Gasteiger partial charge in [-0.05, 0) is 6.92 Å². The lowest BCUT2D eigenvalue weighted by Gasteiger charge is -2.20. The third kappa shape index (κ3) is 2.50. The maximum Gasteiger partial charge on any atom is 0.508 e. The van der Waals surface area contributed by atoms with Gasteiger partial charge in [-0.15, -0.1) is 0 Å². The summed E-state index contributed by atoms with van der Waals surface area (Å²) in [5.41, 5.74) is -0.285. The lowest BCUT2D eigenvalue weighted by molar-refractivity contribution is 0.0197. The van der Waals surface area contributed by atoms with Crippen LogP contribution in [0.25, 0.3) is 0 Å². The molecule has 1 saturated heterocycles. The maximum absolute atomic E-state index is 11.2. The van der Waals surface area contributed by atoms with Gasteiger partial charge in [0, 0.05) is 0 Å². The van der Waals surface area contributed by atoms with Crippen LogP contribution in [0.15, 0.2) is 0 Å². The number of carbonyl (C=O) groups excluding carboxylic acids is 1. The van der Waals surface area contributed by atoms with E-state index in [1.54, 1.807) is 6.92 Å². The molecule has 1 atom stereocenters. The molecule has 1 rings (SSSR count). The summed E-state index contributed by atoms with van der Waals surface area (Å²) in [6, 6.07) is 0. The summed E-state index contributed by atoms with van der Waals surface area (Å²) in [7, 11) is -2.12. The van der Waals surface area contributed by atoms with Gasteiger partial charge in [0.15, 0.2) is 0 Å². The normalized spacial score (nSPS) is 21.2. The minimum atomic E-state index is -2.12. The van der Waals surface area contributed by atoms with Gasteiger partial charge in [0.2, 0.25) is 8.03 Å². The minimum Gasteiger partial charge on any atom is -0.433 e. The van der Waals surface area contributed by atoms with E-state index in [1.165, 1.54) is 0 Å². The van der Waals surface area contributed by atoms with Crippen molar-refractivity contribution in [2.24, 2.45) is 0 Å². The van der Waals surface area contributed by atoms with Gasteiger partial charge < -0.3 is 14.0 Å². The van der Waals surface area contributed by atoms with Crippen LogP contribution in [0.4, 0.5) is 4.79 Å². The van der Waals surface area contributed by atoms with Crippen molar-refractivity contribution in [3.05, 3.63) is 0 Å².